The third-order valence-electron chi connectivity index (χ3n) is 3.83. The van der Waals surface area contributed by atoms with Crippen LogP contribution in [0.15, 0.2) is 18.3 Å². The first-order valence-corrected chi connectivity index (χ1v) is 6.41. The van der Waals surface area contributed by atoms with Crippen molar-refractivity contribution in [1.82, 2.24) is 9.88 Å². The van der Waals surface area contributed by atoms with Crippen molar-refractivity contribution in [3.8, 4) is 6.07 Å². The van der Waals surface area contributed by atoms with Crippen molar-refractivity contribution in [3.63, 3.8) is 0 Å². The van der Waals surface area contributed by atoms with Gasteiger partial charge in [-0.3, -0.25) is 4.79 Å². The van der Waals surface area contributed by atoms with Gasteiger partial charge < -0.3 is 4.90 Å². The van der Waals surface area contributed by atoms with Gasteiger partial charge in [0.05, 0.1) is 11.6 Å². The van der Waals surface area contributed by atoms with E-state index in [-0.39, 0.29) is 5.56 Å². The number of halogens is 1. The van der Waals surface area contributed by atoms with Crippen molar-refractivity contribution >= 4 is 5.91 Å². The fourth-order valence-corrected chi connectivity index (χ4v) is 2.58. The van der Waals surface area contributed by atoms with E-state index in [0.717, 1.165) is 19.3 Å². The van der Waals surface area contributed by atoms with Crippen molar-refractivity contribution in [1.29, 1.82) is 5.26 Å². The van der Waals surface area contributed by atoms with Crippen LogP contribution in [0.3, 0.4) is 0 Å². The fourth-order valence-electron chi connectivity index (χ4n) is 2.58. The number of nitrogens with zero attached hydrogens (tertiary/aromatic N) is 3. The third kappa shape index (κ3) is 2.43. The Labute approximate surface area is 111 Å². The van der Waals surface area contributed by atoms with Gasteiger partial charge in [0.1, 0.15) is 5.54 Å². The molecular weight excluding hydrogens is 245 g/mol. The maximum absolute atomic E-state index is 13.6. The Balaban J connectivity index is 2.28. The molecule has 1 saturated carbocycles. The second-order valence-corrected chi connectivity index (χ2v) is 4.91. The molecule has 0 N–H and O–H groups in total. The lowest BCUT2D eigenvalue weighted by Gasteiger charge is -2.39. The Morgan fingerprint density at radius 3 is 2.74 bits per heavy atom. The van der Waals surface area contributed by atoms with Gasteiger partial charge in [0.25, 0.3) is 5.91 Å². The summed E-state index contributed by atoms with van der Waals surface area (Å²) in [6.45, 7) is 0. The Morgan fingerprint density at radius 1 is 1.47 bits per heavy atom. The summed E-state index contributed by atoms with van der Waals surface area (Å²) in [5, 5.41) is 9.42. The van der Waals surface area contributed by atoms with Gasteiger partial charge in [-0.25, -0.2) is 4.98 Å². The molecule has 19 heavy (non-hydrogen) atoms. The van der Waals surface area contributed by atoms with Gasteiger partial charge in [-0.2, -0.15) is 9.65 Å². The lowest BCUT2D eigenvalue weighted by Crippen LogP contribution is -2.50. The second-order valence-electron chi connectivity index (χ2n) is 4.91. The molecule has 100 valence electrons. The number of hydrogen-bond donors (Lipinski definition) is 0. The molecule has 1 aromatic rings. The monoisotopic (exact) mass is 261 g/mol. The lowest BCUT2D eigenvalue weighted by molar-refractivity contribution is 0.0583. The van der Waals surface area contributed by atoms with E-state index < -0.39 is 17.4 Å². The summed E-state index contributed by atoms with van der Waals surface area (Å²) < 4.78 is 13.6. The minimum absolute atomic E-state index is 0.0785. The Kier molecular flexibility index (Phi) is 3.79. The zero-order valence-corrected chi connectivity index (χ0v) is 10.9. The molecule has 5 heteroatoms. The van der Waals surface area contributed by atoms with Crippen LogP contribution in [-0.4, -0.2) is 28.4 Å². The molecule has 0 radical (unpaired) electrons. The molecule has 1 aliphatic carbocycles. The number of aromatic nitrogens is 1. The number of pyridine rings is 1. The minimum Gasteiger partial charge on any atom is -0.323 e. The Morgan fingerprint density at radius 2 is 2.16 bits per heavy atom. The molecule has 2 rings (SSSR count). The number of carbonyl (C=O) groups excluding carboxylic acids is 1. The fraction of sp³-hybridized carbons (Fsp3) is 0.500. The van der Waals surface area contributed by atoms with Gasteiger partial charge in [0, 0.05) is 13.2 Å². The highest BCUT2D eigenvalue weighted by Gasteiger charge is 2.39. The van der Waals surface area contributed by atoms with Gasteiger partial charge >= 0.3 is 0 Å². The molecule has 1 aliphatic rings. The molecule has 1 amide bonds. The van der Waals surface area contributed by atoms with Crippen LogP contribution in [0.1, 0.15) is 42.5 Å². The number of hydrogen-bond acceptors (Lipinski definition) is 3. The molecule has 0 aromatic carbocycles. The molecule has 1 heterocycles. The van der Waals surface area contributed by atoms with Crippen molar-refractivity contribution in [2.45, 2.75) is 37.6 Å². The normalized spacial score (nSPS) is 17.5. The van der Waals surface area contributed by atoms with Crippen molar-refractivity contribution in [2.75, 3.05) is 7.05 Å². The van der Waals surface area contributed by atoms with E-state index in [2.05, 4.69) is 11.1 Å². The van der Waals surface area contributed by atoms with E-state index in [1.54, 1.807) is 7.05 Å². The third-order valence-corrected chi connectivity index (χ3v) is 3.83. The number of rotatable bonds is 2. The first-order chi connectivity index (χ1) is 9.10. The highest BCUT2D eigenvalue weighted by atomic mass is 19.1. The highest BCUT2D eigenvalue weighted by Crippen LogP contribution is 2.33. The summed E-state index contributed by atoms with van der Waals surface area (Å²) in [6.07, 6.45) is 5.50. The SMILES string of the molecule is CN(C(=O)c1cccnc1F)C1(C#N)CCCCC1. The predicted octanol–water partition coefficient (Wildman–Crippen LogP) is 2.52. The molecule has 1 fully saturated rings. The Bertz CT molecular complexity index is 518. The van der Waals surface area contributed by atoms with Crippen molar-refractivity contribution in [3.05, 3.63) is 29.8 Å². The van der Waals surface area contributed by atoms with E-state index in [1.165, 1.54) is 23.2 Å². The predicted molar refractivity (Wildman–Crippen MR) is 67.7 cm³/mol. The van der Waals surface area contributed by atoms with Crippen LogP contribution in [0.4, 0.5) is 4.39 Å². The van der Waals surface area contributed by atoms with Crippen molar-refractivity contribution in [2.24, 2.45) is 0 Å². The molecular formula is C14H16FN3O. The lowest BCUT2D eigenvalue weighted by atomic mass is 9.81. The molecule has 0 unspecified atom stereocenters. The maximum atomic E-state index is 13.6. The zero-order valence-electron chi connectivity index (χ0n) is 10.9. The van der Waals surface area contributed by atoms with Crippen LogP contribution >= 0.6 is 0 Å². The molecule has 0 spiro atoms. The number of carbonyl (C=O) groups is 1. The van der Waals surface area contributed by atoms with Gasteiger partial charge in [-0.05, 0) is 25.0 Å². The van der Waals surface area contributed by atoms with Crippen LogP contribution in [0.5, 0.6) is 0 Å². The summed E-state index contributed by atoms with van der Waals surface area (Å²) in [5.74, 6) is -1.27. The van der Waals surface area contributed by atoms with E-state index in [4.69, 9.17) is 0 Å². The van der Waals surface area contributed by atoms with Gasteiger partial charge in [-0.15, -0.1) is 0 Å². The van der Waals surface area contributed by atoms with Crippen LogP contribution in [0.2, 0.25) is 0 Å². The van der Waals surface area contributed by atoms with Gasteiger partial charge in [-0.1, -0.05) is 19.3 Å². The first kappa shape index (κ1) is 13.5. The number of amides is 1. The largest absolute Gasteiger partial charge is 0.323 e. The van der Waals surface area contributed by atoms with Crippen LogP contribution in [-0.2, 0) is 0 Å². The topological polar surface area (TPSA) is 57.0 Å². The standard InChI is InChI=1S/C14H16FN3O/c1-18(14(10-16)7-3-2-4-8-14)13(19)11-6-5-9-17-12(11)15/h5-6,9H,2-4,7-8H2,1H3. The summed E-state index contributed by atoms with van der Waals surface area (Å²) >= 11 is 0. The maximum Gasteiger partial charge on any atom is 0.259 e. The zero-order chi connectivity index (χ0) is 13.9. The Hall–Kier alpha value is -1.96. The van der Waals surface area contributed by atoms with Gasteiger partial charge in [0.15, 0.2) is 0 Å². The van der Waals surface area contributed by atoms with E-state index >= 15 is 0 Å². The summed E-state index contributed by atoms with van der Waals surface area (Å²) in [4.78, 5) is 17.2. The van der Waals surface area contributed by atoms with E-state index in [1.807, 2.05) is 0 Å². The first-order valence-electron chi connectivity index (χ1n) is 6.41. The average Bonchev–Trinajstić information content (AvgIpc) is 2.47. The van der Waals surface area contributed by atoms with Crippen LogP contribution < -0.4 is 0 Å². The molecule has 0 saturated heterocycles. The molecule has 0 aliphatic heterocycles. The minimum atomic E-state index is -0.808. The molecule has 4 nitrogen and oxygen atoms in total. The smallest absolute Gasteiger partial charge is 0.259 e. The molecule has 0 atom stereocenters. The second kappa shape index (κ2) is 5.35. The summed E-state index contributed by atoms with van der Waals surface area (Å²) in [5.41, 5.74) is -0.886. The quantitative estimate of drug-likeness (QED) is 0.769. The highest BCUT2D eigenvalue weighted by molar-refractivity contribution is 5.94. The molecule has 1 aromatic heterocycles. The number of nitriles is 1. The van der Waals surface area contributed by atoms with Gasteiger partial charge in [0.2, 0.25) is 5.95 Å². The van der Waals surface area contributed by atoms with E-state index in [9.17, 15) is 14.4 Å². The summed E-state index contributed by atoms with van der Waals surface area (Å²) in [7, 11) is 1.57. The van der Waals surface area contributed by atoms with Crippen LogP contribution in [0.25, 0.3) is 0 Å². The molecule has 0 bridgehead atoms. The summed E-state index contributed by atoms with van der Waals surface area (Å²) in [6, 6.07) is 5.17. The van der Waals surface area contributed by atoms with Crippen LogP contribution in [0, 0.1) is 17.3 Å². The van der Waals surface area contributed by atoms with E-state index in [0.29, 0.717) is 12.8 Å². The average molecular weight is 261 g/mol. The van der Waals surface area contributed by atoms with Crippen molar-refractivity contribution < 1.29 is 9.18 Å².